The smallest absolute Gasteiger partial charge is 0.323 e. The Morgan fingerprint density at radius 3 is 2.85 bits per heavy atom. The van der Waals surface area contributed by atoms with E-state index < -0.39 is 46.4 Å². The molecule has 1 aromatic rings. The Labute approximate surface area is 154 Å². The van der Waals surface area contributed by atoms with Crippen molar-refractivity contribution in [1.29, 1.82) is 0 Å². The number of hydrogen-bond acceptors (Lipinski definition) is 5. The summed E-state index contributed by atoms with van der Waals surface area (Å²) >= 11 is 0. The zero-order chi connectivity index (χ0) is 19.8. The van der Waals surface area contributed by atoms with Crippen molar-refractivity contribution in [3.8, 4) is 0 Å². The van der Waals surface area contributed by atoms with E-state index >= 15 is 0 Å². The summed E-state index contributed by atoms with van der Waals surface area (Å²) in [6.07, 6.45) is 3.08. The van der Waals surface area contributed by atoms with E-state index in [1.807, 2.05) is 6.92 Å². The molecule has 2 aliphatic rings. The Morgan fingerprint density at radius 1 is 1.44 bits per heavy atom. The van der Waals surface area contributed by atoms with E-state index in [1.165, 1.54) is 0 Å². The van der Waals surface area contributed by atoms with Crippen LogP contribution in [0.2, 0.25) is 0 Å². The van der Waals surface area contributed by atoms with Gasteiger partial charge in [-0.1, -0.05) is 19.8 Å². The number of nitro groups is 1. The number of urea groups is 1. The fourth-order valence-corrected chi connectivity index (χ4v) is 3.69. The lowest BCUT2D eigenvalue weighted by molar-refractivity contribution is -0.384. The topological polar surface area (TPSA) is 122 Å². The van der Waals surface area contributed by atoms with Crippen LogP contribution in [-0.4, -0.2) is 39.8 Å². The number of amides is 4. The highest BCUT2D eigenvalue weighted by Gasteiger charge is 2.55. The van der Waals surface area contributed by atoms with Gasteiger partial charge in [-0.15, -0.1) is 0 Å². The van der Waals surface area contributed by atoms with Gasteiger partial charge in [0.2, 0.25) is 5.91 Å². The summed E-state index contributed by atoms with van der Waals surface area (Å²) in [5.74, 6) is -2.19. The molecule has 1 aromatic carbocycles. The van der Waals surface area contributed by atoms with Crippen LogP contribution in [0, 0.1) is 21.8 Å². The van der Waals surface area contributed by atoms with Crippen molar-refractivity contribution in [2.24, 2.45) is 5.92 Å². The van der Waals surface area contributed by atoms with Gasteiger partial charge in [-0.25, -0.2) is 9.18 Å². The SMILES string of the molecule is CC1CCCCC12NC(=O)N(CC(=O)Nc1cc([N+](=O)[O-])ccc1F)C2=O. The van der Waals surface area contributed by atoms with Gasteiger partial charge in [-0.3, -0.25) is 24.6 Å². The summed E-state index contributed by atoms with van der Waals surface area (Å²) in [5, 5.41) is 15.7. The first kappa shape index (κ1) is 18.7. The number of carbonyl (C=O) groups excluding carboxylic acids is 3. The van der Waals surface area contributed by atoms with Crippen molar-refractivity contribution < 1.29 is 23.7 Å². The van der Waals surface area contributed by atoms with Gasteiger partial charge >= 0.3 is 6.03 Å². The maximum absolute atomic E-state index is 13.8. The van der Waals surface area contributed by atoms with Crippen LogP contribution in [0.1, 0.15) is 32.6 Å². The molecule has 1 heterocycles. The second kappa shape index (κ2) is 6.93. The number of nitrogens with zero attached hydrogens (tertiary/aromatic N) is 2. The van der Waals surface area contributed by atoms with Crippen LogP contribution in [-0.2, 0) is 9.59 Å². The normalized spacial score (nSPS) is 24.8. The minimum Gasteiger partial charge on any atom is -0.323 e. The summed E-state index contributed by atoms with van der Waals surface area (Å²) < 4.78 is 13.8. The predicted molar refractivity (Wildman–Crippen MR) is 92.3 cm³/mol. The molecule has 3 rings (SSSR count). The molecule has 1 aliphatic heterocycles. The minimum absolute atomic E-state index is 0.0509. The van der Waals surface area contributed by atoms with Crippen LogP contribution >= 0.6 is 0 Å². The number of halogens is 1. The maximum atomic E-state index is 13.8. The van der Waals surface area contributed by atoms with Crippen LogP contribution in [0.15, 0.2) is 18.2 Å². The molecule has 10 heteroatoms. The van der Waals surface area contributed by atoms with E-state index in [4.69, 9.17) is 0 Å². The summed E-state index contributed by atoms with van der Waals surface area (Å²) in [6.45, 7) is 1.29. The largest absolute Gasteiger partial charge is 0.325 e. The molecule has 9 nitrogen and oxygen atoms in total. The molecule has 1 spiro atoms. The molecule has 2 atom stereocenters. The molecule has 0 radical (unpaired) electrons. The Morgan fingerprint density at radius 2 is 2.19 bits per heavy atom. The van der Waals surface area contributed by atoms with Gasteiger partial charge in [0.05, 0.1) is 10.6 Å². The number of rotatable bonds is 4. The Bertz CT molecular complexity index is 830. The van der Waals surface area contributed by atoms with Gasteiger partial charge < -0.3 is 10.6 Å². The number of benzene rings is 1. The second-order valence-corrected chi connectivity index (χ2v) is 6.91. The first-order valence-electron chi connectivity index (χ1n) is 8.62. The average molecular weight is 378 g/mol. The fourth-order valence-electron chi connectivity index (χ4n) is 3.69. The molecule has 1 aliphatic carbocycles. The molecular weight excluding hydrogens is 359 g/mol. The molecule has 0 bridgehead atoms. The van der Waals surface area contributed by atoms with E-state index in [2.05, 4.69) is 10.6 Å². The molecule has 4 amide bonds. The maximum Gasteiger partial charge on any atom is 0.325 e. The van der Waals surface area contributed by atoms with Crippen molar-refractivity contribution in [2.45, 2.75) is 38.1 Å². The van der Waals surface area contributed by atoms with Crippen LogP contribution in [0.25, 0.3) is 0 Å². The lowest BCUT2D eigenvalue weighted by Crippen LogP contribution is -2.54. The summed E-state index contributed by atoms with van der Waals surface area (Å²) in [5.41, 5.74) is -1.77. The molecule has 2 fully saturated rings. The molecular formula is C17H19FN4O5. The highest BCUT2D eigenvalue weighted by atomic mass is 19.1. The quantitative estimate of drug-likeness (QED) is 0.472. The Kier molecular flexibility index (Phi) is 4.81. The predicted octanol–water partition coefficient (Wildman–Crippen LogP) is 2.17. The lowest BCUT2D eigenvalue weighted by Gasteiger charge is -2.36. The third-order valence-electron chi connectivity index (χ3n) is 5.24. The van der Waals surface area contributed by atoms with Crippen LogP contribution in [0.4, 0.5) is 20.6 Å². The number of non-ortho nitro benzene ring substituents is 1. The number of anilines is 1. The van der Waals surface area contributed by atoms with Gasteiger partial charge in [0.15, 0.2) is 0 Å². The zero-order valence-corrected chi connectivity index (χ0v) is 14.7. The number of nitro benzene ring substituents is 1. The van der Waals surface area contributed by atoms with Gasteiger partial charge in [-0.05, 0) is 24.8 Å². The first-order valence-corrected chi connectivity index (χ1v) is 8.62. The zero-order valence-electron chi connectivity index (χ0n) is 14.7. The highest BCUT2D eigenvalue weighted by molar-refractivity contribution is 6.10. The van der Waals surface area contributed by atoms with Gasteiger partial charge in [0.1, 0.15) is 17.9 Å². The number of hydrogen-bond donors (Lipinski definition) is 2. The van der Waals surface area contributed by atoms with E-state index in [9.17, 15) is 28.9 Å². The van der Waals surface area contributed by atoms with Crippen molar-refractivity contribution in [3.63, 3.8) is 0 Å². The highest BCUT2D eigenvalue weighted by Crippen LogP contribution is 2.38. The van der Waals surface area contributed by atoms with Crippen molar-refractivity contribution in [2.75, 3.05) is 11.9 Å². The van der Waals surface area contributed by atoms with E-state index in [0.717, 1.165) is 42.4 Å². The van der Waals surface area contributed by atoms with Crippen LogP contribution < -0.4 is 10.6 Å². The summed E-state index contributed by atoms with van der Waals surface area (Å²) in [6, 6.07) is 2.05. The molecule has 27 heavy (non-hydrogen) atoms. The molecule has 144 valence electrons. The number of carbonyl (C=O) groups is 3. The Hall–Kier alpha value is -3.04. The molecule has 1 saturated carbocycles. The third-order valence-corrected chi connectivity index (χ3v) is 5.24. The van der Waals surface area contributed by atoms with E-state index in [1.54, 1.807) is 0 Å². The lowest BCUT2D eigenvalue weighted by atomic mass is 9.73. The molecule has 1 saturated heterocycles. The van der Waals surface area contributed by atoms with Crippen molar-refractivity contribution >= 4 is 29.2 Å². The molecule has 2 N–H and O–H groups in total. The van der Waals surface area contributed by atoms with Crippen molar-refractivity contribution in [3.05, 3.63) is 34.1 Å². The monoisotopic (exact) mass is 378 g/mol. The molecule has 2 unspecified atom stereocenters. The Balaban J connectivity index is 1.73. The van der Waals surface area contributed by atoms with Gasteiger partial charge in [0.25, 0.3) is 11.6 Å². The van der Waals surface area contributed by atoms with Crippen LogP contribution in [0.3, 0.4) is 0 Å². The van der Waals surface area contributed by atoms with Gasteiger partial charge in [0, 0.05) is 12.1 Å². The van der Waals surface area contributed by atoms with Crippen molar-refractivity contribution in [1.82, 2.24) is 10.2 Å². The van der Waals surface area contributed by atoms with E-state index in [0.29, 0.717) is 6.42 Å². The fraction of sp³-hybridized carbons (Fsp3) is 0.471. The average Bonchev–Trinajstić information content (AvgIpc) is 2.84. The first-order chi connectivity index (χ1) is 12.7. The standard InChI is InChI=1S/C17H19FN4O5/c1-10-4-2-3-7-17(10)15(24)21(16(25)20-17)9-14(23)19-13-8-11(22(26)27)5-6-12(13)18/h5-6,8,10H,2-4,7,9H2,1H3,(H,19,23)(H,20,25). The summed E-state index contributed by atoms with van der Waals surface area (Å²) in [7, 11) is 0. The van der Waals surface area contributed by atoms with E-state index in [-0.39, 0.29) is 11.6 Å². The molecule has 0 aromatic heterocycles. The second-order valence-electron chi connectivity index (χ2n) is 6.91. The number of nitrogens with one attached hydrogen (secondary N) is 2. The van der Waals surface area contributed by atoms with Crippen LogP contribution in [0.5, 0.6) is 0 Å². The summed E-state index contributed by atoms with van der Waals surface area (Å²) in [4.78, 5) is 48.1. The number of imide groups is 1. The third kappa shape index (κ3) is 3.34. The minimum atomic E-state index is -0.994. The van der Waals surface area contributed by atoms with Gasteiger partial charge in [-0.2, -0.15) is 0 Å².